The van der Waals surface area contributed by atoms with E-state index in [1.165, 1.54) is 18.7 Å². The van der Waals surface area contributed by atoms with E-state index in [0.29, 0.717) is 11.4 Å². The van der Waals surface area contributed by atoms with Gasteiger partial charge in [0.15, 0.2) is 5.82 Å². The lowest BCUT2D eigenvalue weighted by Gasteiger charge is -2.23. The number of nitrogens with one attached hydrogen (secondary N) is 2. The number of amides is 2. The second kappa shape index (κ2) is 7.71. The molecule has 3 aromatic rings. The molecule has 2 heterocycles. The maximum Gasteiger partial charge on any atom is 0.275 e. The van der Waals surface area contributed by atoms with Crippen LogP contribution in [0.4, 0.5) is 22.9 Å². The van der Waals surface area contributed by atoms with E-state index in [0.717, 1.165) is 17.9 Å². The van der Waals surface area contributed by atoms with Crippen LogP contribution in [0.2, 0.25) is 0 Å². The smallest absolute Gasteiger partial charge is 0.275 e. The summed E-state index contributed by atoms with van der Waals surface area (Å²) in [4.78, 5) is 34.5. The Morgan fingerprint density at radius 3 is 2.31 bits per heavy atom. The first-order valence-electron chi connectivity index (χ1n) is 9.39. The average Bonchev–Trinajstić information content (AvgIpc) is 3.05. The zero-order chi connectivity index (χ0) is 20.4. The van der Waals surface area contributed by atoms with Crippen molar-refractivity contribution in [1.82, 2.24) is 9.97 Å². The highest BCUT2D eigenvalue weighted by atomic mass is 16.2. The Balaban J connectivity index is 1.47. The molecular formula is C22H21N5O2. The minimum Gasteiger partial charge on any atom is -0.326 e. The fourth-order valence-corrected chi connectivity index (χ4v) is 3.51. The highest BCUT2D eigenvalue weighted by Gasteiger charge is 2.27. The summed E-state index contributed by atoms with van der Waals surface area (Å²) in [6.45, 7) is 3.59. The lowest BCUT2D eigenvalue weighted by molar-refractivity contribution is -0.114. The molecule has 0 spiro atoms. The van der Waals surface area contributed by atoms with Crippen LogP contribution in [-0.4, -0.2) is 27.8 Å². The number of carbonyl (C=O) groups excluding carboxylic acids is 2. The molecule has 4 rings (SSSR count). The average molecular weight is 387 g/mol. The van der Waals surface area contributed by atoms with Crippen molar-refractivity contribution in [3.05, 3.63) is 72.2 Å². The number of para-hydroxylation sites is 1. The maximum atomic E-state index is 12.5. The van der Waals surface area contributed by atoms with Gasteiger partial charge in [-0.1, -0.05) is 18.2 Å². The molecule has 29 heavy (non-hydrogen) atoms. The number of benzene rings is 2. The first kappa shape index (κ1) is 18.6. The predicted octanol–water partition coefficient (Wildman–Crippen LogP) is 3.77. The molecule has 1 unspecified atom stereocenters. The standard InChI is InChI=1S/C22H21N5O2/c1-14-11-16-5-3-4-6-20(16)27(14)21-13-23-19(12-24-21)22(29)26-18-9-7-17(8-10-18)25-15(2)28/h3-10,12-14H,11H2,1-2H3,(H,25,28)(H,26,29). The van der Waals surface area contributed by atoms with Crippen LogP contribution in [0.1, 0.15) is 29.9 Å². The molecule has 7 nitrogen and oxygen atoms in total. The largest absolute Gasteiger partial charge is 0.326 e. The molecule has 7 heteroatoms. The summed E-state index contributed by atoms with van der Waals surface area (Å²) in [6, 6.07) is 15.4. The van der Waals surface area contributed by atoms with Crippen molar-refractivity contribution >= 4 is 34.7 Å². The second-order valence-corrected chi connectivity index (χ2v) is 7.02. The molecule has 146 valence electrons. The molecule has 1 aromatic heterocycles. The molecule has 0 saturated carbocycles. The van der Waals surface area contributed by atoms with E-state index in [9.17, 15) is 9.59 Å². The highest BCUT2D eigenvalue weighted by molar-refractivity contribution is 6.02. The van der Waals surface area contributed by atoms with Gasteiger partial charge in [0.2, 0.25) is 5.91 Å². The molecule has 0 radical (unpaired) electrons. The lowest BCUT2D eigenvalue weighted by atomic mass is 10.1. The third kappa shape index (κ3) is 3.94. The van der Waals surface area contributed by atoms with Crippen molar-refractivity contribution < 1.29 is 9.59 Å². The summed E-state index contributed by atoms with van der Waals surface area (Å²) in [7, 11) is 0. The maximum absolute atomic E-state index is 12.5. The van der Waals surface area contributed by atoms with Crippen LogP contribution in [-0.2, 0) is 11.2 Å². The number of carbonyl (C=O) groups is 2. The minimum atomic E-state index is -0.341. The third-order valence-corrected chi connectivity index (χ3v) is 4.79. The van der Waals surface area contributed by atoms with Crippen LogP contribution < -0.4 is 15.5 Å². The Bertz CT molecular complexity index is 1050. The van der Waals surface area contributed by atoms with E-state index < -0.39 is 0 Å². The summed E-state index contributed by atoms with van der Waals surface area (Å²) in [5.74, 6) is 0.233. The molecule has 2 N–H and O–H groups in total. The van der Waals surface area contributed by atoms with Gasteiger partial charge in [0, 0.05) is 30.0 Å². The van der Waals surface area contributed by atoms with Crippen LogP contribution in [0.3, 0.4) is 0 Å². The quantitative estimate of drug-likeness (QED) is 0.712. The van der Waals surface area contributed by atoms with Gasteiger partial charge in [-0.25, -0.2) is 9.97 Å². The van der Waals surface area contributed by atoms with Crippen LogP contribution in [0.25, 0.3) is 0 Å². The normalized spacial score (nSPS) is 15.0. The summed E-state index contributed by atoms with van der Waals surface area (Å²) < 4.78 is 0. The number of nitrogens with zero attached hydrogens (tertiary/aromatic N) is 3. The number of hydrogen-bond acceptors (Lipinski definition) is 5. The topological polar surface area (TPSA) is 87.2 Å². The minimum absolute atomic E-state index is 0.146. The fraction of sp³-hybridized carbons (Fsp3) is 0.182. The van der Waals surface area contributed by atoms with E-state index in [2.05, 4.69) is 44.6 Å². The Kier molecular flexibility index (Phi) is 4.95. The van der Waals surface area contributed by atoms with Gasteiger partial charge in [-0.05, 0) is 49.2 Å². The summed E-state index contributed by atoms with van der Waals surface area (Å²) in [6.07, 6.45) is 4.08. The SMILES string of the molecule is CC(=O)Nc1ccc(NC(=O)c2cnc(N3c4ccccc4CC3C)cn2)cc1. The number of rotatable bonds is 4. The first-order valence-corrected chi connectivity index (χ1v) is 9.39. The Hall–Kier alpha value is -3.74. The number of anilines is 4. The van der Waals surface area contributed by atoms with Gasteiger partial charge in [-0.15, -0.1) is 0 Å². The van der Waals surface area contributed by atoms with Crippen LogP contribution in [0.5, 0.6) is 0 Å². The van der Waals surface area contributed by atoms with E-state index in [1.54, 1.807) is 30.5 Å². The van der Waals surface area contributed by atoms with Crippen LogP contribution in [0, 0.1) is 0 Å². The molecule has 0 saturated heterocycles. The highest BCUT2D eigenvalue weighted by Crippen LogP contribution is 2.36. The summed E-state index contributed by atoms with van der Waals surface area (Å²) in [5.41, 5.74) is 3.92. The predicted molar refractivity (Wildman–Crippen MR) is 112 cm³/mol. The first-order chi connectivity index (χ1) is 14.0. The zero-order valence-corrected chi connectivity index (χ0v) is 16.2. The van der Waals surface area contributed by atoms with Gasteiger partial charge in [0.05, 0.1) is 12.4 Å². The molecule has 1 aliphatic rings. The molecular weight excluding hydrogens is 366 g/mol. The van der Waals surface area contributed by atoms with Crippen molar-refractivity contribution in [2.75, 3.05) is 15.5 Å². The van der Waals surface area contributed by atoms with E-state index in [-0.39, 0.29) is 23.6 Å². The van der Waals surface area contributed by atoms with Crippen molar-refractivity contribution in [3.63, 3.8) is 0 Å². The van der Waals surface area contributed by atoms with Crippen molar-refractivity contribution in [3.8, 4) is 0 Å². The Morgan fingerprint density at radius 1 is 0.966 bits per heavy atom. The molecule has 0 aliphatic carbocycles. The van der Waals surface area contributed by atoms with Crippen LogP contribution in [0.15, 0.2) is 60.9 Å². The number of hydrogen-bond donors (Lipinski definition) is 2. The van der Waals surface area contributed by atoms with E-state index in [4.69, 9.17) is 0 Å². The van der Waals surface area contributed by atoms with E-state index in [1.807, 2.05) is 12.1 Å². The fourth-order valence-electron chi connectivity index (χ4n) is 3.51. The number of aromatic nitrogens is 2. The van der Waals surface area contributed by atoms with Crippen LogP contribution >= 0.6 is 0 Å². The summed E-state index contributed by atoms with van der Waals surface area (Å²) in [5, 5.41) is 5.47. The van der Waals surface area contributed by atoms with Crippen molar-refractivity contribution in [2.45, 2.75) is 26.3 Å². The van der Waals surface area contributed by atoms with Crippen molar-refractivity contribution in [1.29, 1.82) is 0 Å². The number of fused-ring (bicyclic) bond motifs is 1. The lowest BCUT2D eigenvalue weighted by Crippen LogP contribution is -2.25. The van der Waals surface area contributed by atoms with Gasteiger partial charge in [0.25, 0.3) is 5.91 Å². The zero-order valence-electron chi connectivity index (χ0n) is 16.2. The Morgan fingerprint density at radius 2 is 1.66 bits per heavy atom. The second-order valence-electron chi connectivity index (χ2n) is 7.02. The molecule has 1 aliphatic heterocycles. The van der Waals surface area contributed by atoms with E-state index >= 15 is 0 Å². The van der Waals surface area contributed by atoms with Gasteiger partial charge in [-0.2, -0.15) is 0 Å². The molecule has 0 fully saturated rings. The summed E-state index contributed by atoms with van der Waals surface area (Å²) >= 11 is 0. The Labute approximate surface area is 168 Å². The molecule has 2 amide bonds. The monoisotopic (exact) mass is 387 g/mol. The third-order valence-electron chi connectivity index (χ3n) is 4.79. The van der Waals surface area contributed by atoms with Gasteiger partial charge < -0.3 is 15.5 Å². The molecule has 1 atom stereocenters. The van der Waals surface area contributed by atoms with Gasteiger partial charge in [-0.3, -0.25) is 9.59 Å². The van der Waals surface area contributed by atoms with Gasteiger partial charge in [0.1, 0.15) is 5.69 Å². The molecule has 0 bridgehead atoms. The van der Waals surface area contributed by atoms with Crippen molar-refractivity contribution in [2.24, 2.45) is 0 Å². The molecule has 2 aromatic carbocycles. The van der Waals surface area contributed by atoms with Gasteiger partial charge >= 0.3 is 0 Å².